The number of nitrogens with zero attached hydrogens (tertiary/aromatic N) is 2. The van der Waals surface area contributed by atoms with E-state index in [9.17, 15) is 5.11 Å². The highest BCUT2D eigenvalue weighted by atomic mass is 35.5. The number of aryl methyl sites for hydroxylation is 3. The molecule has 0 fully saturated rings. The maximum absolute atomic E-state index is 9.69. The summed E-state index contributed by atoms with van der Waals surface area (Å²) in [5.74, 6) is 0.982. The summed E-state index contributed by atoms with van der Waals surface area (Å²) in [6, 6.07) is 9.52. The molecule has 0 bridgehead atoms. The summed E-state index contributed by atoms with van der Waals surface area (Å²) in [5.41, 5.74) is 5.12. The lowest BCUT2D eigenvalue weighted by atomic mass is 10.1. The third-order valence-corrected chi connectivity index (χ3v) is 3.58. The molecule has 2 aromatic carbocycles. The Morgan fingerprint density at radius 1 is 0.909 bits per heavy atom. The van der Waals surface area contributed by atoms with Crippen LogP contribution >= 0.6 is 12.4 Å². The van der Waals surface area contributed by atoms with Crippen LogP contribution in [0.5, 0.6) is 5.75 Å². The fourth-order valence-electron chi connectivity index (χ4n) is 2.39. The number of fused-ring (bicyclic) bond motifs is 1. The van der Waals surface area contributed by atoms with Crippen LogP contribution in [0.1, 0.15) is 16.7 Å². The molecule has 0 spiro atoms. The molecule has 3 aromatic rings. The third kappa shape index (κ3) is 3.12. The second kappa shape index (κ2) is 6.20. The molecule has 1 aromatic heterocycles. The number of rotatable bonds is 2. The topological polar surface area (TPSA) is 58.0 Å². The van der Waals surface area contributed by atoms with Crippen LogP contribution in [0.15, 0.2) is 36.7 Å². The zero-order valence-electron chi connectivity index (χ0n) is 12.7. The highest BCUT2D eigenvalue weighted by Crippen LogP contribution is 2.27. The number of aromatic nitrogens is 2. The number of hydrogen-bond donors (Lipinski definition) is 2. The number of phenolic OH excluding ortho intramolecular Hbond substituents is 1. The van der Waals surface area contributed by atoms with Gasteiger partial charge in [-0.2, -0.15) is 0 Å². The Morgan fingerprint density at radius 2 is 1.64 bits per heavy atom. The van der Waals surface area contributed by atoms with Crippen LogP contribution in [0.2, 0.25) is 0 Å². The van der Waals surface area contributed by atoms with Crippen LogP contribution in [-0.4, -0.2) is 15.1 Å². The van der Waals surface area contributed by atoms with E-state index in [0.717, 1.165) is 28.0 Å². The molecular weight excluding hydrogens is 298 g/mol. The van der Waals surface area contributed by atoms with Crippen molar-refractivity contribution in [3.63, 3.8) is 0 Å². The molecule has 0 aliphatic rings. The number of anilines is 2. The van der Waals surface area contributed by atoms with E-state index in [0.29, 0.717) is 0 Å². The van der Waals surface area contributed by atoms with E-state index in [-0.39, 0.29) is 18.2 Å². The largest absolute Gasteiger partial charge is 0.508 e. The predicted molar refractivity (Wildman–Crippen MR) is 92.4 cm³/mol. The Morgan fingerprint density at radius 3 is 2.36 bits per heavy atom. The Balaban J connectivity index is 0.00000176. The fourth-order valence-corrected chi connectivity index (χ4v) is 2.39. The van der Waals surface area contributed by atoms with Crippen molar-refractivity contribution in [2.45, 2.75) is 20.8 Å². The molecule has 3 rings (SSSR count). The van der Waals surface area contributed by atoms with Crippen molar-refractivity contribution in [3.05, 3.63) is 53.3 Å². The van der Waals surface area contributed by atoms with E-state index in [1.165, 1.54) is 11.1 Å². The Bertz CT molecular complexity index is 813. The molecule has 1 heterocycles. The van der Waals surface area contributed by atoms with E-state index in [2.05, 4.69) is 41.3 Å². The standard InChI is InChI=1S/C17H17N3O.ClH/c1-10-4-13(8-14(21)5-10)20-17-15-6-11(2)12(3)7-16(15)18-9-19-17;/h4-9,21H,1-3H3,(H,18,19,20);1H. The van der Waals surface area contributed by atoms with Gasteiger partial charge in [-0.15, -0.1) is 12.4 Å². The van der Waals surface area contributed by atoms with Gasteiger partial charge < -0.3 is 10.4 Å². The molecule has 0 aliphatic heterocycles. The monoisotopic (exact) mass is 315 g/mol. The highest BCUT2D eigenvalue weighted by Gasteiger charge is 2.07. The molecule has 0 saturated heterocycles. The van der Waals surface area contributed by atoms with Crippen molar-refractivity contribution in [3.8, 4) is 5.75 Å². The molecule has 0 atom stereocenters. The van der Waals surface area contributed by atoms with Crippen molar-refractivity contribution in [1.82, 2.24) is 9.97 Å². The van der Waals surface area contributed by atoms with Crippen LogP contribution in [0.25, 0.3) is 10.9 Å². The molecule has 2 N–H and O–H groups in total. The van der Waals surface area contributed by atoms with Gasteiger partial charge in [-0.05, 0) is 61.7 Å². The summed E-state index contributed by atoms with van der Waals surface area (Å²) in [6.45, 7) is 6.09. The molecular formula is C17H18ClN3O. The van der Waals surface area contributed by atoms with Crippen LogP contribution in [0.4, 0.5) is 11.5 Å². The minimum atomic E-state index is 0. The lowest BCUT2D eigenvalue weighted by molar-refractivity contribution is 0.475. The van der Waals surface area contributed by atoms with E-state index < -0.39 is 0 Å². The van der Waals surface area contributed by atoms with Gasteiger partial charge in [-0.25, -0.2) is 9.97 Å². The quantitative estimate of drug-likeness (QED) is 0.734. The summed E-state index contributed by atoms with van der Waals surface area (Å²) in [4.78, 5) is 8.65. The summed E-state index contributed by atoms with van der Waals surface area (Å²) >= 11 is 0. The van der Waals surface area contributed by atoms with Gasteiger partial charge >= 0.3 is 0 Å². The number of benzene rings is 2. The lowest BCUT2D eigenvalue weighted by Crippen LogP contribution is -1.97. The predicted octanol–water partition coefficient (Wildman–Crippen LogP) is 4.43. The fraction of sp³-hybridized carbons (Fsp3) is 0.176. The Hall–Kier alpha value is -2.33. The van der Waals surface area contributed by atoms with E-state index >= 15 is 0 Å². The van der Waals surface area contributed by atoms with Gasteiger partial charge in [0.2, 0.25) is 0 Å². The van der Waals surface area contributed by atoms with Crippen molar-refractivity contribution in [1.29, 1.82) is 0 Å². The van der Waals surface area contributed by atoms with Crippen LogP contribution in [0.3, 0.4) is 0 Å². The average molecular weight is 316 g/mol. The minimum absolute atomic E-state index is 0. The van der Waals surface area contributed by atoms with Crippen LogP contribution in [0, 0.1) is 20.8 Å². The Kier molecular flexibility index (Phi) is 4.52. The van der Waals surface area contributed by atoms with Gasteiger partial charge in [0, 0.05) is 17.1 Å². The number of halogens is 1. The van der Waals surface area contributed by atoms with Crippen LogP contribution < -0.4 is 5.32 Å². The normalized spacial score (nSPS) is 10.3. The molecule has 4 nitrogen and oxygen atoms in total. The summed E-state index contributed by atoms with van der Waals surface area (Å²) < 4.78 is 0. The summed E-state index contributed by atoms with van der Waals surface area (Å²) in [5, 5.41) is 13.9. The minimum Gasteiger partial charge on any atom is -0.508 e. The van der Waals surface area contributed by atoms with Gasteiger partial charge in [-0.1, -0.05) is 0 Å². The molecule has 5 heteroatoms. The Labute approximate surface area is 135 Å². The second-order valence-electron chi connectivity index (χ2n) is 5.36. The zero-order valence-corrected chi connectivity index (χ0v) is 13.5. The van der Waals surface area contributed by atoms with Gasteiger partial charge in [0.25, 0.3) is 0 Å². The molecule has 0 amide bonds. The molecule has 114 valence electrons. The maximum Gasteiger partial charge on any atom is 0.141 e. The molecule has 0 radical (unpaired) electrons. The smallest absolute Gasteiger partial charge is 0.141 e. The van der Waals surface area contributed by atoms with Crippen molar-refractivity contribution in [2.75, 3.05) is 5.32 Å². The first-order valence-corrected chi connectivity index (χ1v) is 6.82. The van der Waals surface area contributed by atoms with Crippen molar-refractivity contribution < 1.29 is 5.11 Å². The van der Waals surface area contributed by atoms with Gasteiger partial charge in [0.05, 0.1) is 5.52 Å². The van der Waals surface area contributed by atoms with E-state index in [1.807, 2.05) is 13.0 Å². The first-order chi connectivity index (χ1) is 10.0. The van der Waals surface area contributed by atoms with Gasteiger partial charge in [0.15, 0.2) is 0 Å². The first kappa shape index (κ1) is 16.0. The highest BCUT2D eigenvalue weighted by molar-refractivity contribution is 5.91. The average Bonchev–Trinajstić information content (AvgIpc) is 2.40. The third-order valence-electron chi connectivity index (χ3n) is 3.58. The van der Waals surface area contributed by atoms with Gasteiger partial charge in [-0.3, -0.25) is 0 Å². The molecule has 0 unspecified atom stereocenters. The summed E-state index contributed by atoms with van der Waals surface area (Å²) in [7, 11) is 0. The van der Waals surface area contributed by atoms with Gasteiger partial charge in [0.1, 0.15) is 17.9 Å². The van der Waals surface area contributed by atoms with E-state index in [1.54, 1.807) is 18.5 Å². The molecule has 0 aliphatic carbocycles. The molecule has 22 heavy (non-hydrogen) atoms. The number of hydrogen-bond acceptors (Lipinski definition) is 4. The number of aromatic hydroxyl groups is 1. The number of nitrogens with one attached hydrogen (secondary N) is 1. The molecule has 0 saturated carbocycles. The SMILES string of the molecule is Cc1cc(O)cc(Nc2ncnc3cc(C)c(C)cc23)c1.Cl. The number of phenols is 1. The first-order valence-electron chi connectivity index (χ1n) is 6.82. The second-order valence-corrected chi connectivity index (χ2v) is 5.36. The maximum atomic E-state index is 9.69. The summed E-state index contributed by atoms with van der Waals surface area (Å²) in [6.07, 6.45) is 1.55. The van der Waals surface area contributed by atoms with Crippen molar-refractivity contribution in [2.24, 2.45) is 0 Å². The lowest BCUT2D eigenvalue weighted by Gasteiger charge is -2.11. The van der Waals surface area contributed by atoms with E-state index in [4.69, 9.17) is 0 Å². The van der Waals surface area contributed by atoms with Crippen LogP contribution in [-0.2, 0) is 0 Å². The van der Waals surface area contributed by atoms with Crippen molar-refractivity contribution >= 4 is 34.8 Å². The zero-order chi connectivity index (χ0) is 15.0.